The van der Waals surface area contributed by atoms with Crippen molar-refractivity contribution in [1.29, 1.82) is 0 Å². The zero-order valence-electron chi connectivity index (χ0n) is 20.0. The monoisotopic (exact) mass is 493 g/mol. The number of likely N-dealkylation sites (N-methyl/N-ethyl adjacent to an activating group) is 1. The number of nitrogens with zero attached hydrogens (tertiary/aromatic N) is 4. The molecule has 0 spiro atoms. The fourth-order valence-electron chi connectivity index (χ4n) is 4.52. The van der Waals surface area contributed by atoms with Gasteiger partial charge in [0.05, 0.1) is 19.7 Å². The van der Waals surface area contributed by atoms with Gasteiger partial charge in [0.15, 0.2) is 0 Å². The summed E-state index contributed by atoms with van der Waals surface area (Å²) in [5.41, 5.74) is 1.39. The zero-order valence-corrected chi connectivity index (χ0v) is 20.0. The highest BCUT2D eigenvalue weighted by atomic mass is 19.1. The minimum absolute atomic E-state index is 0.0671. The Morgan fingerprint density at radius 2 is 1.89 bits per heavy atom. The van der Waals surface area contributed by atoms with Gasteiger partial charge in [0.1, 0.15) is 24.6 Å². The summed E-state index contributed by atoms with van der Waals surface area (Å²) in [6.07, 6.45) is 4.51. The average Bonchev–Trinajstić information content (AvgIpc) is 2.87. The molecule has 0 aromatic heterocycles. The van der Waals surface area contributed by atoms with Gasteiger partial charge in [-0.05, 0) is 23.3 Å². The third-order valence-electron chi connectivity index (χ3n) is 6.20. The van der Waals surface area contributed by atoms with Crippen molar-refractivity contribution < 1.29 is 23.5 Å². The molecule has 2 aliphatic heterocycles. The van der Waals surface area contributed by atoms with Gasteiger partial charge < -0.3 is 19.9 Å². The number of rotatable bonds is 7. The van der Waals surface area contributed by atoms with E-state index in [1.54, 1.807) is 53.4 Å². The number of carbonyl (C=O) groups is 3. The number of terminal acetylenes is 1. The molecule has 2 heterocycles. The van der Waals surface area contributed by atoms with E-state index in [9.17, 15) is 18.8 Å². The van der Waals surface area contributed by atoms with Crippen LogP contribution in [0.2, 0.25) is 0 Å². The normalized spacial score (nSPS) is 20.2. The molecule has 2 aliphatic rings. The van der Waals surface area contributed by atoms with Gasteiger partial charge in [-0.15, -0.1) is 6.42 Å². The van der Waals surface area contributed by atoms with Crippen molar-refractivity contribution in [2.24, 2.45) is 0 Å². The Labute approximate surface area is 209 Å². The summed E-state index contributed by atoms with van der Waals surface area (Å²) in [4.78, 5) is 43.2. The quantitative estimate of drug-likeness (QED) is 0.468. The van der Waals surface area contributed by atoms with Crippen LogP contribution in [-0.2, 0) is 20.9 Å². The highest BCUT2D eigenvalue weighted by molar-refractivity contribution is 5.92. The van der Waals surface area contributed by atoms with Crippen LogP contribution in [0.25, 0.3) is 0 Å². The molecule has 0 unspecified atom stereocenters. The number of ether oxygens (including phenoxy) is 1. The van der Waals surface area contributed by atoms with Gasteiger partial charge in [-0.3, -0.25) is 9.59 Å². The Hall–Kier alpha value is -3.94. The van der Waals surface area contributed by atoms with Crippen LogP contribution in [0.1, 0.15) is 17.2 Å². The molecule has 36 heavy (non-hydrogen) atoms. The highest BCUT2D eigenvalue weighted by Gasteiger charge is 2.51. The molecule has 2 saturated heterocycles. The summed E-state index contributed by atoms with van der Waals surface area (Å²) < 4.78 is 18.6. The van der Waals surface area contributed by atoms with Crippen molar-refractivity contribution >= 4 is 17.8 Å². The lowest BCUT2D eigenvalue weighted by molar-refractivity contribution is -0.188. The number of hydrogen-bond donors (Lipinski definition) is 1. The second-order valence-electron chi connectivity index (χ2n) is 8.58. The number of amides is 4. The third kappa shape index (κ3) is 5.32. The number of benzene rings is 2. The van der Waals surface area contributed by atoms with Gasteiger partial charge in [-0.25, -0.2) is 19.2 Å². The first-order chi connectivity index (χ1) is 17.4. The Kier molecular flexibility index (Phi) is 7.83. The Morgan fingerprint density at radius 1 is 1.17 bits per heavy atom. The molecular formula is C26H28FN5O4. The molecule has 9 nitrogen and oxygen atoms in total. The van der Waals surface area contributed by atoms with Crippen LogP contribution in [0.5, 0.6) is 0 Å². The summed E-state index contributed by atoms with van der Waals surface area (Å²) in [5, 5.41) is 5.85. The Balaban J connectivity index is 1.61. The number of fused-ring (bicyclic) bond motifs is 1. The van der Waals surface area contributed by atoms with Crippen molar-refractivity contribution in [2.75, 3.05) is 39.9 Å². The van der Waals surface area contributed by atoms with Crippen LogP contribution in [0.4, 0.5) is 9.18 Å². The average molecular weight is 494 g/mol. The molecule has 1 N–H and O–H groups in total. The first-order valence-corrected chi connectivity index (χ1v) is 11.6. The molecule has 0 radical (unpaired) electrons. The molecule has 4 rings (SSSR count). The molecule has 2 atom stereocenters. The molecule has 2 aromatic rings. The smallest absolute Gasteiger partial charge is 0.334 e. The molecule has 4 amide bonds. The number of nitrogens with one attached hydrogen (secondary N) is 1. The Bertz CT molecular complexity index is 1140. The molecular weight excluding hydrogens is 465 g/mol. The first kappa shape index (κ1) is 25.2. The SMILES string of the molecule is C#CCOCCN1C[C@H]2N(C(=O)CN(C)N2C(=O)NCc2ccc(F)cc2)[C@@H](c2ccccc2)C1=O. The molecule has 2 aromatic carbocycles. The lowest BCUT2D eigenvalue weighted by Gasteiger charge is -2.54. The molecule has 0 aliphatic carbocycles. The maximum atomic E-state index is 13.6. The van der Waals surface area contributed by atoms with Crippen LogP contribution < -0.4 is 5.32 Å². The van der Waals surface area contributed by atoms with Crippen molar-refractivity contribution in [2.45, 2.75) is 18.8 Å². The lowest BCUT2D eigenvalue weighted by atomic mass is 9.99. The van der Waals surface area contributed by atoms with E-state index in [0.29, 0.717) is 5.56 Å². The highest BCUT2D eigenvalue weighted by Crippen LogP contribution is 2.34. The van der Waals surface area contributed by atoms with Crippen LogP contribution in [-0.4, -0.2) is 83.7 Å². The van der Waals surface area contributed by atoms with E-state index in [0.717, 1.165) is 5.56 Å². The number of piperazine rings is 1. The van der Waals surface area contributed by atoms with Gasteiger partial charge in [-0.1, -0.05) is 48.4 Å². The number of hydrazine groups is 1. The third-order valence-corrected chi connectivity index (χ3v) is 6.20. The van der Waals surface area contributed by atoms with Gasteiger partial charge in [0.2, 0.25) is 11.8 Å². The first-order valence-electron chi connectivity index (χ1n) is 11.6. The van der Waals surface area contributed by atoms with Crippen molar-refractivity contribution in [1.82, 2.24) is 25.1 Å². The zero-order chi connectivity index (χ0) is 25.7. The van der Waals surface area contributed by atoms with Crippen LogP contribution in [0, 0.1) is 18.2 Å². The van der Waals surface area contributed by atoms with Gasteiger partial charge in [0.25, 0.3) is 0 Å². The Morgan fingerprint density at radius 3 is 2.58 bits per heavy atom. The second kappa shape index (κ2) is 11.2. The summed E-state index contributed by atoms with van der Waals surface area (Å²) in [7, 11) is 1.65. The van der Waals surface area contributed by atoms with Crippen molar-refractivity contribution in [3.05, 3.63) is 71.5 Å². The van der Waals surface area contributed by atoms with Crippen molar-refractivity contribution in [3.8, 4) is 12.3 Å². The van der Waals surface area contributed by atoms with Gasteiger partial charge >= 0.3 is 6.03 Å². The van der Waals surface area contributed by atoms with E-state index in [1.165, 1.54) is 22.0 Å². The number of carbonyl (C=O) groups excluding carboxylic acids is 3. The molecule has 2 fully saturated rings. The standard InChI is InChI=1S/C26H28FN5O4/c1-3-14-36-15-13-30-17-22-31(24(25(30)34)20-7-5-4-6-8-20)23(33)18-29(2)32(22)26(35)28-16-19-9-11-21(27)12-10-19/h1,4-12,22,24H,13-18H2,2H3,(H,28,35)/t22-,24-/m0/s1. The van der Waals surface area contributed by atoms with Crippen LogP contribution >= 0.6 is 0 Å². The molecule has 0 saturated carbocycles. The fourth-order valence-corrected chi connectivity index (χ4v) is 4.52. The second-order valence-corrected chi connectivity index (χ2v) is 8.58. The minimum Gasteiger partial charge on any atom is -0.367 e. The predicted molar refractivity (Wildman–Crippen MR) is 129 cm³/mol. The van der Waals surface area contributed by atoms with E-state index < -0.39 is 18.2 Å². The summed E-state index contributed by atoms with van der Waals surface area (Å²) >= 11 is 0. The van der Waals surface area contributed by atoms with Crippen LogP contribution in [0.3, 0.4) is 0 Å². The van der Waals surface area contributed by atoms with E-state index >= 15 is 0 Å². The number of urea groups is 1. The van der Waals surface area contributed by atoms with E-state index in [1.807, 2.05) is 6.07 Å². The molecule has 0 bridgehead atoms. The van der Waals surface area contributed by atoms with E-state index in [4.69, 9.17) is 11.2 Å². The fraction of sp³-hybridized carbons (Fsp3) is 0.346. The van der Waals surface area contributed by atoms with E-state index in [-0.39, 0.29) is 57.0 Å². The predicted octanol–water partition coefficient (Wildman–Crippen LogP) is 1.59. The number of hydrogen-bond acceptors (Lipinski definition) is 5. The topological polar surface area (TPSA) is 85.4 Å². The largest absolute Gasteiger partial charge is 0.367 e. The minimum atomic E-state index is -0.883. The molecule has 10 heteroatoms. The summed E-state index contributed by atoms with van der Waals surface area (Å²) in [5.74, 6) is 1.53. The van der Waals surface area contributed by atoms with Gasteiger partial charge in [-0.2, -0.15) is 0 Å². The molecule has 188 valence electrons. The lowest BCUT2D eigenvalue weighted by Crippen LogP contribution is -2.74. The van der Waals surface area contributed by atoms with Crippen LogP contribution in [0.15, 0.2) is 54.6 Å². The van der Waals surface area contributed by atoms with Gasteiger partial charge in [0, 0.05) is 20.1 Å². The summed E-state index contributed by atoms with van der Waals surface area (Å²) in [6, 6.07) is 13.5. The van der Waals surface area contributed by atoms with E-state index in [2.05, 4.69) is 11.2 Å². The van der Waals surface area contributed by atoms with Crippen molar-refractivity contribution in [3.63, 3.8) is 0 Å². The maximum Gasteiger partial charge on any atom is 0.334 e. The maximum absolute atomic E-state index is 13.6. The number of halogens is 1. The summed E-state index contributed by atoms with van der Waals surface area (Å²) in [6.45, 7) is 0.833.